The molecule has 1 fully saturated rings. The molecule has 25 heavy (non-hydrogen) atoms. The number of pyridine rings is 1. The van der Waals surface area contributed by atoms with Gasteiger partial charge >= 0.3 is 0 Å². The molecule has 3 rings (SSSR count). The number of amides is 2. The molecule has 2 amide bonds. The summed E-state index contributed by atoms with van der Waals surface area (Å²) in [4.78, 5) is 33.1. The molecule has 1 saturated heterocycles. The maximum Gasteiger partial charge on any atom is 0.272 e. The number of carbonyl (C=O) groups excluding carboxylic acids is 2. The predicted octanol–water partition coefficient (Wildman–Crippen LogP) is 1.31. The molecule has 0 aromatic carbocycles. The Morgan fingerprint density at radius 3 is 2.44 bits per heavy atom. The van der Waals surface area contributed by atoms with Gasteiger partial charge in [-0.2, -0.15) is 5.10 Å². The Kier molecular flexibility index (Phi) is 4.57. The Bertz CT molecular complexity index is 744. The fourth-order valence-electron chi connectivity index (χ4n) is 3.32. The first-order chi connectivity index (χ1) is 11.9. The molecule has 3 heterocycles. The van der Waals surface area contributed by atoms with Crippen LogP contribution in [0.2, 0.25) is 0 Å². The van der Waals surface area contributed by atoms with Gasteiger partial charge in [-0.15, -0.1) is 0 Å². The molecule has 0 radical (unpaired) electrons. The van der Waals surface area contributed by atoms with Crippen molar-refractivity contribution >= 4 is 11.8 Å². The minimum Gasteiger partial charge on any atom is -0.347 e. The zero-order valence-corrected chi connectivity index (χ0v) is 14.8. The maximum absolute atomic E-state index is 12.9. The van der Waals surface area contributed by atoms with Gasteiger partial charge < -0.3 is 9.80 Å². The average molecular weight is 341 g/mol. The number of likely N-dealkylation sites (tertiary alicyclic amines) is 1. The third-order valence-corrected chi connectivity index (χ3v) is 4.76. The Morgan fingerprint density at radius 1 is 1.20 bits per heavy atom. The van der Waals surface area contributed by atoms with Gasteiger partial charge in [-0.1, -0.05) is 6.07 Å². The minimum atomic E-state index is -0.732. The largest absolute Gasteiger partial charge is 0.347 e. The molecule has 2 aromatic heterocycles. The molecule has 7 heteroatoms. The summed E-state index contributed by atoms with van der Waals surface area (Å²) in [5.74, 6) is -0.0804. The van der Waals surface area contributed by atoms with Crippen molar-refractivity contribution in [3.8, 4) is 0 Å². The lowest BCUT2D eigenvalue weighted by Gasteiger charge is -2.41. The molecule has 2 aromatic rings. The Labute approximate surface area is 147 Å². The molecule has 0 saturated carbocycles. The molecule has 0 aliphatic carbocycles. The molecule has 0 N–H and O–H groups in total. The van der Waals surface area contributed by atoms with Gasteiger partial charge in [-0.05, 0) is 37.5 Å². The normalized spacial score (nSPS) is 16.5. The summed E-state index contributed by atoms with van der Waals surface area (Å²) in [6.07, 6.45) is 6.26. The number of hydrogen-bond donors (Lipinski definition) is 0. The van der Waals surface area contributed by atoms with Crippen LogP contribution in [0.4, 0.5) is 0 Å². The van der Waals surface area contributed by atoms with Crippen LogP contribution in [0.1, 0.15) is 28.9 Å². The summed E-state index contributed by atoms with van der Waals surface area (Å²) in [6.45, 7) is 2.93. The van der Waals surface area contributed by atoms with Gasteiger partial charge in [0.2, 0.25) is 5.91 Å². The highest BCUT2D eigenvalue weighted by Crippen LogP contribution is 2.32. The first-order valence-electron chi connectivity index (χ1n) is 8.38. The summed E-state index contributed by atoms with van der Waals surface area (Å²) >= 11 is 0. The molecule has 1 aliphatic rings. The molecule has 0 spiro atoms. The van der Waals surface area contributed by atoms with Gasteiger partial charge in [0.1, 0.15) is 11.2 Å². The van der Waals surface area contributed by atoms with Crippen LogP contribution >= 0.6 is 0 Å². The van der Waals surface area contributed by atoms with Crippen LogP contribution in [0.15, 0.2) is 36.8 Å². The van der Waals surface area contributed by atoms with Crippen LogP contribution in [0.5, 0.6) is 0 Å². The highest BCUT2D eigenvalue weighted by Gasteiger charge is 2.45. The lowest BCUT2D eigenvalue weighted by molar-refractivity contribution is -0.141. The monoisotopic (exact) mass is 341 g/mol. The van der Waals surface area contributed by atoms with Crippen LogP contribution in [-0.2, 0) is 10.3 Å². The topological polar surface area (TPSA) is 71.3 Å². The zero-order chi connectivity index (χ0) is 18.0. The maximum atomic E-state index is 12.9. The molecular formula is C18H23N5O2. The van der Waals surface area contributed by atoms with E-state index in [1.54, 1.807) is 47.0 Å². The molecule has 0 unspecified atom stereocenters. The number of aryl methyl sites for hydroxylation is 1. The fourth-order valence-corrected chi connectivity index (χ4v) is 3.32. The van der Waals surface area contributed by atoms with Crippen LogP contribution in [-0.4, -0.2) is 63.6 Å². The van der Waals surface area contributed by atoms with E-state index < -0.39 is 5.54 Å². The number of likely N-dealkylation sites (N-methyl/N-ethyl adjacent to an activating group) is 1. The van der Waals surface area contributed by atoms with Crippen molar-refractivity contribution in [3.63, 3.8) is 0 Å². The average Bonchev–Trinajstić information content (AvgIpc) is 3.16. The van der Waals surface area contributed by atoms with E-state index in [0.29, 0.717) is 31.6 Å². The molecular weight excluding hydrogens is 318 g/mol. The molecule has 1 aliphatic heterocycles. The zero-order valence-electron chi connectivity index (χ0n) is 14.8. The first-order valence-corrected chi connectivity index (χ1v) is 8.38. The SMILES string of the molecule is Cc1ccc(C(=O)N2CCC(C(=O)N(C)C)(n3cccn3)CC2)nc1. The van der Waals surface area contributed by atoms with Crippen LogP contribution in [0.3, 0.4) is 0 Å². The molecule has 0 bridgehead atoms. The van der Waals surface area contributed by atoms with E-state index >= 15 is 0 Å². The Morgan fingerprint density at radius 2 is 1.92 bits per heavy atom. The fraction of sp³-hybridized carbons (Fsp3) is 0.444. The summed E-state index contributed by atoms with van der Waals surface area (Å²) in [7, 11) is 3.50. The third-order valence-electron chi connectivity index (χ3n) is 4.76. The highest BCUT2D eigenvalue weighted by atomic mass is 16.2. The van der Waals surface area contributed by atoms with Gasteiger partial charge in [0, 0.05) is 45.8 Å². The van der Waals surface area contributed by atoms with Crippen molar-refractivity contribution in [1.82, 2.24) is 24.6 Å². The second-order valence-electron chi connectivity index (χ2n) is 6.69. The van der Waals surface area contributed by atoms with Crippen LogP contribution < -0.4 is 0 Å². The van der Waals surface area contributed by atoms with Gasteiger partial charge in [0.25, 0.3) is 5.91 Å². The molecule has 7 nitrogen and oxygen atoms in total. The van der Waals surface area contributed by atoms with E-state index in [2.05, 4.69) is 10.1 Å². The van der Waals surface area contributed by atoms with Crippen LogP contribution in [0, 0.1) is 6.92 Å². The third kappa shape index (κ3) is 3.14. The van der Waals surface area contributed by atoms with Gasteiger partial charge in [-0.25, -0.2) is 0 Å². The number of piperidine rings is 1. The van der Waals surface area contributed by atoms with E-state index in [-0.39, 0.29) is 11.8 Å². The summed E-state index contributed by atoms with van der Waals surface area (Å²) in [5.41, 5.74) is 0.727. The number of carbonyl (C=O) groups is 2. The van der Waals surface area contributed by atoms with Gasteiger partial charge in [0.05, 0.1) is 0 Å². The summed E-state index contributed by atoms with van der Waals surface area (Å²) in [5, 5.41) is 4.31. The second-order valence-corrected chi connectivity index (χ2v) is 6.69. The summed E-state index contributed by atoms with van der Waals surface area (Å²) in [6, 6.07) is 5.45. The van der Waals surface area contributed by atoms with E-state index in [1.807, 2.05) is 25.3 Å². The Balaban J connectivity index is 1.79. The quantitative estimate of drug-likeness (QED) is 0.844. The van der Waals surface area contributed by atoms with Crippen LogP contribution in [0.25, 0.3) is 0 Å². The smallest absolute Gasteiger partial charge is 0.272 e. The van der Waals surface area contributed by atoms with E-state index in [1.165, 1.54) is 0 Å². The highest BCUT2D eigenvalue weighted by molar-refractivity contribution is 5.92. The lowest BCUT2D eigenvalue weighted by Crippen LogP contribution is -2.55. The van der Waals surface area contributed by atoms with Crippen molar-refractivity contribution in [2.24, 2.45) is 0 Å². The van der Waals surface area contributed by atoms with Gasteiger partial charge in [0.15, 0.2) is 0 Å². The van der Waals surface area contributed by atoms with Crippen molar-refractivity contribution in [2.75, 3.05) is 27.2 Å². The van der Waals surface area contributed by atoms with Gasteiger partial charge in [-0.3, -0.25) is 19.3 Å². The van der Waals surface area contributed by atoms with Crippen molar-refractivity contribution < 1.29 is 9.59 Å². The van der Waals surface area contributed by atoms with Crippen molar-refractivity contribution in [2.45, 2.75) is 25.3 Å². The standard InChI is InChI=1S/C18H23N5O2/c1-14-5-6-15(19-13-14)16(24)22-11-7-18(8-12-22,17(25)21(2)3)23-10-4-9-20-23/h4-6,9-10,13H,7-8,11-12H2,1-3H3. The van der Waals surface area contributed by atoms with E-state index in [9.17, 15) is 9.59 Å². The minimum absolute atomic E-state index is 0.0109. The Hall–Kier alpha value is -2.70. The number of hydrogen-bond acceptors (Lipinski definition) is 4. The number of rotatable bonds is 3. The van der Waals surface area contributed by atoms with E-state index in [4.69, 9.17) is 0 Å². The number of aromatic nitrogens is 3. The van der Waals surface area contributed by atoms with Crippen molar-refractivity contribution in [1.29, 1.82) is 0 Å². The molecule has 132 valence electrons. The first kappa shape index (κ1) is 17.1. The molecule has 0 atom stereocenters. The predicted molar refractivity (Wildman–Crippen MR) is 93.0 cm³/mol. The second kappa shape index (κ2) is 6.66. The van der Waals surface area contributed by atoms with Crippen molar-refractivity contribution in [3.05, 3.63) is 48.0 Å². The van der Waals surface area contributed by atoms with E-state index in [0.717, 1.165) is 5.56 Å². The number of nitrogens with zero attached hydrogens (tertiary/aromatic N) is 5. The summed E-state index contributed by atoms with van der Waals surface area (Å²) < 4.78 is 1.74. The lowest BCUT2D eigenvalue weighted by atomic mass is 9.86.